The van der Waals surface area contributed by atoms with E-state index >= 15 is 0 Å². The average molecular weight is 604 g/mol. The lowest BCUT2D eigenvalue weighted by Crippen LogP contribution is -2.02. The summed E-state index contributed by atoms with van der Waals surface area (Å²) in [4.78, 5) is 8.10. The van der Waals surface area contributed by atoms with Crippen LogP contribution in [-0.4, -0.2) is 29.5 Å². The van der Waals surface area contributed by atoms with E-state index in [-0.39, 0.29) is 5.02 Å². The molecule has 0 radical (unpaired) electrons. The molecule has 0 bridgehead atoms. The maximum Gasteiger partial charge on any atom is 0.321 e. The SMILES string of the molecule is CCCn1nc(Br)nc1Br.CCCn1nc(Br)nc1Oc1ccc(F)c(Cl)c1. The first-order chi connectivity index (χ1) is 13.3. The summed E-state index contributed by atoms with van der Waals surface area (Å²) in [6, 6.07) is 4.47. The Morgan fingerprint density at radius 3 is 2.18 bits per heavy atom. The van der Waals surface area contributed by atoms with E-state index in [1.807, 2.05) is 11.6 Å². The Hall–Kier alpha value is -1.04. The van der Waals surface area contributed by atoms with Crippen LogP contribution in [0.2, 0.25) is 5.02 Å². The predicted molar refractivity (Wildman–Crippen MR) is 115 cm³/mol. The highest BCUT2D eigenvalue weighted by atomic mass is 79.9. The van der Waals surface area contributed by atoms with Gasteiger partial charge in [0.1, 0.15) is 11.6 Å². The molecule has 0 atom stereocenters. The molecule has 0 saturated heterocycles. The summed E-state index contributed by atoms with van der Waals surface area (Å²) < 4.78 is 23.8. The second-order valence-electron chi connectivity index (χ2n) is 5.44. The Morgan fingerprint density at radius 2 is 1.61 bits per heavy atom. The summed E-state index contributed by atoms with van der Waals surface area (Å²) in [5.74, 6) is -0.0705. The van der Waals surface area contributed by atoms with Crippen molar-refractivity contribution >= 4 is 59.4 Å². The van der Waals surface area contributed by atoms with Crippen molar-refractivity contribution in [3.8, 4) is 11.8 Å². The smallest absolute Gasteiger partial charge is 0.321 e. The minimum absolute atomic E-state index is 0.00752. The van der Waals surface area contributed by atoms with Crippen LogP contribution in [-0.2, 0) is 13.1 Å². The topological polar surface area (TPSA) is 70.7 Å². The molecule has 3 aromatic rings. The molecule has 0 aliphatic heterocycles. The molecule has 152 valence electrons. The van der Waals surface area contributed by atoms with Crippen LogP contribution in [0.4, 0.5) is 4.39 Å². The number of rotatable bonds is 6. The van der Waals surface area contributed by atoms with Crippen molar-refractivity contribution in [1.29, 1.82) is 0 Å². The lowest BCUT2D eigenvalue weighted by Gasteiger charge is -2.06. The molecule has 1 aromatic carbocycles. The highest BCUT2D eigenvalue weighted by Gasteiger charge is 2.11. The van der Waals surface area contributed by atoms with Gasteiger partial charge in [0.2, 0.25) is 9.47 Å². The zero-order chi connectivity index (χ0) is 20.7. The van der Waals surface area contributed by atoms with E-state index in [9.17, 15) is 4.39 Å². The van der Waals surface area contributed by atoms with Crippen LogP contribution in [0, 0.1) is 5.82 Å². The number of benzene rings is 1. The number of hydrogen-bond acceptors (Lipinski definition) is 5. The van der Waals surface area contributed by atoms with Gasteiger partial charge in [-0.05, 0) is 72.8 Å². The van der Waals surface area contributed by atoms with Crippen LogP contribution < -0.4 is 4.74 Å². The molecule has 3 rings (SSSR count). The fourth-order valence-corrected chi connectivity index (χ4v) is 3.57. The second kappa shape index (κ2) is 11.2. The van der Waals surface area contributed by atoms with Crippen LogP contribution in [0.3, 0.4) is 0 Å². The highest BCUT2D eigenvalue weighted by Crippen LogP contribution is 2.26. The van der Waals surface area contributed by atoms with Crippen LogP contribution in [0.15, 0.2) is 32.4 Å². The average Bonchev–Trinajstić information content (AvgIpc) is 3.13. The van der Waals surface area contributed by atoms with Crippen LogP contribution in [0.1, 0.15) is 26.7 Å². The Kier molecular flexibility index (Phi) is 9.32. The first-order valence-corrected chi connectivity index (χ1v) is 11.1. The van der Waals surface area contributed by atoms with Crippen molar-refractivity contribution in [2.75, 3.05) is 0 Å². The lowest BCUT2D eigenvalue weighted by molar-refractivity contribution is 0.394. The van der Waals surface area contributed by atoms with Gasteiger partial charge in [0.15, 0.2) is 4.73 Å². The normalized spacial score (nSPS) is 10.5. The fourth-order valence-electron chi connectivity index (χ4n) is 2.03. The maximum atomic E-state index is 13.0. The molecule has 0 aliphatic carbocycles. The van der Waals surface area contributed by atoms with E-state index in [2.05, 4.69) is 74.9 Å². The first kappa shape index (κ1) is 23.2. The van der Waals surface area contributed by atoms with Gasteiger partial charge >= 0.3 is 6.01 Å². The number of halogens is 5. The number of nitrogens with zero attached hydrogens (tertiary/aromatic N) is 6. The molecular formula is C16H17Br3ClFN6O. The summed E-state index contributed by atoms with van der Waals surface area (Å²) >= 11 is 15.3. The summed E-state index contributed by atoms with van der Waals surface area (Å²) in [5, 5.41) is 8.21. The Balaban J connectivity index is 0.000000237. The number of aromatic nitrogens is 6. The summed E-state index contributed by atoms with van der Waals surface area (Å²) in [7, 11) is 0. The molecule has 7 nitrogen and oxygen atoms in total. The van der Waals surface area contributed by atoms with Gasteiger partial charge in [-0.3, -0.25) is 0 Å². The Bertz CT molecular complexity index is 920. The van der Waals surface area contributed by atoms with E-state index < -0.39 is 5.82 Å². The summed E-state index contributed by atoms with van der Waals surface area (Å²) in [6.07, 6.45) is 1.96. The van der Waals surface area contributed by atoms with E-state index in [1.165, 1.54) is 18.2 Å². The van der Waals surface area contributed by atoms with Crippen molar-refractivity contribution in [3.63, 3.8) is 0 Å². The van der Waals surface area contributed by atoms with Gasteiger partial charge in [0.05, 0.1) is 5.02 Å². The zero-order valence-electron chi connectivity index (χ0n) is 15.0. The predicted octanol–water partition coefficient (Wildman–Crippen LogP) is 6.25. The summed E-state index contributed by atoms with van der Waals surface area (Å²) in [5.41, 5.74) is 0. The molecule has 0 saturated carbocycles. The molecule has 28 heavy (non-hydrogen) atoms. The number of ether oxygens (including phenoxy) is 1. The molecule has 0 spiro atoms. The quantitative estimate of drug-likeness (QED) is 0.333. The lowest BCUT2D eigenvalue weighted by atomic mass is 10.3. The molecule has 0 unspecified atom stereocenters. The van der Waals surface area contributed by atoms with Crippen molar-refractivity contribution < 1.29 is 9.13 Å². The Morgan fingerprint density at radius 1 is 1.00 bits per heavy atom. The largest absolute Gasteiger partial charge is 0.424 e. The maximum absolute atomic E-state index is 13.0. The molecule has 2 aromatic heterocycles. The minimum atomic E-state index is -0.486. The van der Waals surface area contributed by atoms with E-state index in [0.717, 1.165) is 24.1 Å². The molecule has 12 heteroatoms. The van der Waals surface area contributed by atoms with Crippen LogP contribution in [0.5, 0.6) is 11.8 Å². The summed E-state index contributed by atoms with van der Waals surface area (Å²) in [6.45, 7) is 5.71. The second-order valence-corrected chi connectivity index (χ2v) is 7.97. The number of hydrogen-bond donors (Lipinski definition) is 0. The van der Waals surface area contributed by atoms with Gasteiger partial charge in [-0.2, -0.15) is 9.97 Å². The molecule has 2 heterocycles. The molecule has 0 aliphatic rings. The van der Waals surface area contributed by atoms with E-state index in [0.29, 0.717) is 27.8 Å². The molecule has 0 fully saturated rings. The van der Waals surface area contributed by atoms with Gasteiger partial charge in [-0.25, -0.2) is 13.8 Å². The minimum Gasteiger partial charge on any atom is -0.424 e. The monoisotopic (exact) mass is 600 g/mol. The third-order valence-corrected chi connectivity index (χ3v) is 4.73. The zero-order valence-corrected chi connectivity index (χ0v) is 20.6. The number of aryl methyl sites for hydroxylation is 2. The standard InChI is InChI=1S/C11H10BrClFN3O.C5H7Br2N3/c1-2-5-17-11(15-10(12)16-17)18-7-3-4-9(14)8(13)6-7;1-2-3-10-5(7)8-4(6)9-10/h3-4,6H,2,5H2,1H3;2-3H2,1H3. The van der Waals surface area contributed by atoms with Crippen molar-refractivity contribution in [3.05, 3.63) is 43.2 Å². The van der Waals surface area contributed by atoms with Gasteiger partial charge in [-0.15, -0.1) is 10.2 Å². The van der Waals surface area contributed by atoms with Gasteiger partial charge in [0.25, 0.3) is 0 Å². The van der Waals surface area contributed by atoms with E-state index in [4.69, 9.17) is 16.3 Å². The van der Waals surface area contributed by atoms with Crippen molar-refractivity contribution in [2.24, 2.45) is 0 Å². The van der Waals surface area contributed by atoms with Crippen molar-refractivity contribution in [1.82, 2.24) is 29.5 Å². The van der Waals surface area contributed by atoms with Gasteiger partial charge in [0, 0.05) is 19.2 Å². The van der Waals surface area contributed by atoms with Gasteiger partial charge in [-0.1, -0.05) is 25.4 Å². The van der Waals surface area contributed by atoms with Gasteiger partial charge < -0.3 is 4.74 Å². The third-order valence-electron chi connectivity index (χ3n) is 3.18. The molecule has 0 amide bonds. The van der Waals surface area contributed by atoms with E-state index in [1.54, 1.807) is 4.68 Å². The molecule has 0 N–H and O–H groups in total. The molecular weight excluding hydrogens is 586 g/mol. The fraction of sp³-hybridized carbons (Fsp3) is 0.375. The third kappa shape index (κ3) is 6.78. The van der Waals surface area contributed by atoms with Crippen LogP contribution in [0.25, 0.3) is 0 Å². The Labute approximate surface area is 192 Å². The van der Waals surface area contributed by atoms with Crippen molar-refractivity contribution in [2.45, 2.75) is 39.8 Å². The first-order valence-electron chi connectivity index (χ1n) is 8.33. The highest BCUT2D eigenvalue weighted by molar-refractivity contribution is 9.11. The van der Waals surface area contributed by atoms with Crippen LogP contribution >= 0.6 is 59.4 Å².